The second-order valence-electron chi connectivity index (χ2n) is 11.2. The second kappa shape index (κ2) is 12.1. The Morgan fingerprint density at radius 2 is 1.55 bits per heavy atom. The molecule has 0 aromatic heterocycles. The van der Waals surface area contributed by atoms with E-state index in [1.165, 1.54) is 77.0 Å². The lowest BCUT2D eigenvalue weighted by atomic mass is 9.65. The maximum absolute atomic E-state index is 11.1. The van der Waals surface area contributed by atoms with Crippen LogP contribution in [0.2, 0.25) is 0 Å². The van der Waals surface area contributed by atoms with Crippen LogP contribution in [0.4, 0.5) is 0 Å². The summed E-state index contributed by atoms with van der Waals surface area (Å²) in [5.41, 5.74) is 0.213. The number of aliphatic hydroxyl groups is 2. The highest BCUT2D eigenvalue weighted by atomic mass is 16.3. The average molecular weight is 409 g/mol. The number of fused-ring (bicyclic) bond motifs is 1. The Bertz CT molecular complexity index is 444. The number of aliphatic hydroxyl groups excluding tert-OH is 2. The van der Waals surface area contributed by atoms with E-state index in [1.54, 1.807) is 0 Å². The van der Waals surface area contributed by atoms with E-state index in [2.05, 4.69) is 27.7 Å². The van der Waals surface area contributed by atoms with Crippen molar-refractivity contribution in [1.82, 2.24) is 0 Å². The van der Waals surface area contributed by atoms with Crippen molar-refractivity contribution >= 4 is 0 Å². The zero-order valence-electron chi connectivity index (χ0n) is 20.3. The summed E-state index contributed by atoms with van der Waals surface area (Å²) in [6.45, 7) is 11.3. The van der Waals surface area contributed by atoms with Crippen LogP contribution in [-0.2, 0) is 0 Å². The molecule has 0 radical (unpaired) electrons. The highest BCUT2D eigenvalue weighted by Crippen LogP contribution is 2.48. The molecule has 0 aliphatic heterocycles. The van der Waals surface area contributed by atoms with E-state index in [4.69, 9.17) is 0 Å². The molecule has 2 saturated carbocycles. The first-order valence-electron chi connectivity index (χ1n) is 13.2. The molecule has 0 bridgehead atoms. The van der Waals surface area contributed by atoms with Crippen LogP contribution in [0.5, 0.6) is 0 Å². The van der Waals surface area contributed by atoms with E-state index < -0.39 is 0 Å². The third kappa shape index (κ3) is 6.96. The monoisotopic (exact) mass is 408 g/mol. The Morgan fingerprint density at radius 3 is 2.17 bits per heavy atom. The van der Waals surface area contributed by atoms with Gasteiger partial charge in [-0.1, -0.05) is 72.6 Å². The average Bonchev–Trinajstić information content (AvgIpc) is 3.10. The van der Waals surface area contributed by atoms with E-state index in [0.717, 1.165) is 24.7 Å². The summed E-state index contributed by atoms with van der Waals surface area (Å²) in [5.74, 6) is 3.67. The molecule has 0 amide bonds. The van der Waals surface area contributed by atoms with E-state index in [0.29, 0.717) is 17.8 Å². The van der Waals surface area contributed by atoms with Crippen molar-refractivity contribution in [3.8, 4) is 0 Å². The van der Waals surface area contributed by atoms with Gasteiger partial charge >= 0.3 is 0 Å². The zero-order chi connectivity index (χ0) is 21.4. The summed E-state index contributed by atoms with van der Waals surface area (Å²) >= 11 is 0. The lowest BCUT2D eigenvalue weighted by Gasteiger charge is -2.41. The normalized spacial score (nSPS) is 30.0. The van der Waals surface area contributed by atoms with E-state index in [9.17, 15) is 10.2 Å². The molecule has 2 nitrogen and oxygen atoms in total. The van der Waals surface area contributed by atoms with Gasteiger partial charge in [-0.25, -0.2) is 0 Å². The van der Waals surface area contributed by atoms with E-state index >= 15 is 0 Å². The molecule has 7 atom stereocenters. The number of hydrogen-bond acceptors (Lipinski definition) is 2. The Balaban J connectivity index is 1.97. The highest BCUT2D eigenvalue weighted by Gasteiger charge is 2.41. The first kappa shape index (κ1) is 25.2. The molecule has 0 aromatic carbocycles. The first-order valence-corrected chi connectivity index (χ1v) is 13.2. The van der Waals surface area contributed by atoms with Crippen LogP contribution in [0.15, 0.2) is 0 Å². The molecule has 2 rings (SSSR count). The predicted molar refractivity (Wildman–Crippen MR) is 125 cm³/mol. The van der Waals surface area contributed by atoms with Gasteiger partial charge in [0.1, 0.15) is 0 Å². The minimum absolute atomic E-state index is 0.0846. The Morgan fingerprint density at radius 1 is 0.862 bits per heavy atom. The third-order valence-electron chi connectivity index (χ3n) is 8.94. The lowest BCUT2D eigenvalue weighted by molar-refractivity contribution is 0.0339. The maximum atomic E-state index is 11.1. The van der Waals surface area contributed by atoms with Crippen LogP contribution >= 0.6 is 0 Å². The molecular formula is C27H52O2. The van der Waals surface area contributed by atoms with Gasteiger partial charge in [0.25, 0.3) is 0 Å². The van der Waals surface area contributed by atoms with Gasteiger partial charge in [0.15, 0.2) is 0 Å². The summed E-state index contributed by atoms with van der Waals surface area (Å²) in [6.07, 6.45) is 17.1. The summed E-state index contributed by atoms with van der Waals surface area (Å²) < 4.78 is 0. The van der Waals surface area contributed by atoms with Gasteiger partial charge in [0, 0.05) is 0 Å². The van der Waals surface area contributed by atoms with Gasteiger partial charge in [0.05, 0.1) is 12.2 Å². The number of rotatable bonds is 13. The SMILES string of the molecule is CCCC(CC[C@H](O)C1CCC2CCCCC21)C[C@@](C)(CC(C)O)C(CC)CC. The largest absolute Gasteiger partial charge is 0.393 e. The summed E-state index contributed by atoms with van der Waals surface area (Å²) in [4.78, 5) is 0. The molecule has 0 spiro atoms. The molecule has 2 aliphatic rings. The molecule has 2 heteroatoms. The fourth-order valence-electron chi connectivity index (χ4n) is 7.66. The molecule has 2 fully saturated rings. The second-order valence-corrected chi connectivity index (χ2v) is 11.2. The van der Waals surface area contributed by atoms with Gasteiger partial charge in [-0.05, 0) is 86.9 Å². The minimum Gasteiger partial charge on any atom is -0.393 e. The molecule has 2 aliphatic carbocycles. The van der Waals surface area contributed by atoms with Gasteiger partial charge in [-0.2, -0.15) is 0 Å². The summed E-state index contributed by atoms with van der Waals surface area (Å²) in [7, 11) is 0. The molecule has 0 heterocycles. The predicted octanol–water partition coefficient (Wildman–Crippen LogP) is 7.36. The van der Waals surface area contributed by atoms with Crippen molar-refractivity contribution in [2.24, 2.45) is 35.0 Å². The lowest BCUT2D eigenvalue weighted by Crippen LogP contribution is -2.33. The fraction of sp³-hybridized carbons (Fsp3) is 1.00. The van der Waals surface area contributed by atoms with Crippen LogP contribution in [0.3, 0.4) is 0 Å². The summed E-state index contributed by atoms with van der Waals surface area (Å²) in [6, 6.07) is 0. The maximum Gasteiger partial charge on any atom is 0.0571 e. The first-order chi connectivity index (χ1) is 13.8. The molecule has 5 unspecified atom stereocenters. The minimum atomic E-state index is -0.227. The van der Waals surface area contributed by atoms with Crippen molar-refractivity contribution < 1.29 is 10.2 Å². The Hall–Kier alpha value is -0.0800. The van der Waals surface area contributed by atoms with Gasteiger partial charge in [-0.3, -0.25) is 0 Å². The van der Waals surface area contributed by atoms with Crippen LogP contribution in [0.25, 0.3) is 0 Å². The van der Waals surface area contributed by atoms with Crippen LogP contribution in [0, 0.1) is 35.0 Å². The highest BCUT2D eigenvalue weighted by molar-refractivity contribution is 4.91. The summed E-state index contributed by atoms with van der Waals surface area (Å²) in [5, 5.41) is 21.3. The quantitative estimate of drug-likeness (QED) is 0.334. The van der Waals surface area contributed by atoms with Crippen molar-refractivity contribution in [1.29, 1.82) is 0 Å². The topological polar surface area (TPSA) is 40.5 Å². The Labute approximate surface area is 182 Å². The third-order valence-corrected chi connectivity index (χ3v) is 8.94. The van der Waals surface area contributed by atoms with E-state index in [-0.39, 0.29) is 17.6 Å². The molecule has 2 N–H and O–H groups in total. The molecular weight excluding hydrogens is 356 g/mol. The zero-order valence-corrected chi connectivity index (χ0v) is 20.3. The molecule has 0 saturated heterocycles. The fourth-order valence-corrected chi connectivity index (χ4v) is 7.66. The van der Waals surface area contributed by atoms with Crippen molar-refractivity contribution in [2.75, 3.05) is 0 Å². The van der Waals surface area contributed by atoms with E-state index in [1.807, 2.05) is 6.92 Å². The van der Waals surface area contributed by atoms with Crippen LogP contribution in [-0.4, -0.2) is 22.4 Å². The van der Waals surface area contributed by atoms with Gasteiger partial charge < -0.3 is 10.2 Å². The van der Waals surface area contributed by atoms with Crippen molar-refractivity contribution in [3.63, 3.8) is 0 Å². The molecule has 172 valence electrons. The standard InChI is InChI=1S/C27H52O2/c1-6-11-21(19-27(5,18-20(4)28)23(7-2)8-3)14-17-26(29)25-16-15-22-12-9-10-13-24(22)25/h20-26,28-29H,6-19H2,1-5H3/t20?,21?,22?,24?,25?,26-,27+/m0/s1. The molecule has 0 aromatic rings. The Kier molecular flexibility index (Phi) is 10.5. The van der Waals surface area contributed by atoms with Crippen LogP contribution in [0.1, 0.15) is 125 Å². The number of hydrogen-bond donors (Lipinski definition) is 2. The van der Waals surface area contributed by atoms with Crippen LogP contribution < -0.4 is 0 Å². The van der Waals surface area contributed by atoms with Crippen molar-refractivity contribution in [3.05, 3.63) is 0 Å². The van der Waals surface area contributed by atoms with Gasteiger partial charge in [-0.15, -0.1) is 0 Å². The van der Waals surface area contributed by atoms with Crippen molar-refractivity contribution in [2.45, 2.75) is 137 Å². The smallest absolute Gasteiger partial charge is 0.0571 e. The molecule has 29 heavy (non-hydrogen) atoms. The van der Waals surface area contributed by atoms with Gasteiger partial charge in [0.2, 0.25) is 0 Å².